The summed E-state index contributed by atoms with van der Waals surface area (Å²) in [5.41, 5.74) is 1.07. The monoisotopic (exact) mass is 704 g/mol. The van der Waals surface area contributed by atoms with Crippen LogP contribution in [-0.4, -0.2) is 91.1 Å². The molecule has 2 aliphatic heterocycles. The second kappa shape index (κ2) is 14.3. The van der Waals surface area contributed by atoms with Crippen LogP contribution in [0.15, 0.2) is 71.8 Å². The highest BCUT2D eigenvalue weighted by atomic mass is 32.2. The molecule has 0 radical (unpaired) electrons. The zero-order valence-electron chi connectivity index (χ0n) is 26.4. The van der Waals surface area contributed by atoms with Gasteiger partial charge in [0, 0.05) is 51.8 Å². The summed E-state index contributed by atoms with van der Waals surface area (Å²) in [7, 11) is -3.26. The van der Waals surface area contributed by atoms with Crippen LogP contribution in [0.3, 0.4) is 0 Å². The Kier molecular flexibility index (Phi) is 10.1. The summed E-state index contributed by atoms with van der Waals surface area (Å²) < 4.78 is 86.9. The summed E-state index contributed by atoms with van der Waals surface area (Å²) in [6.45, 7) is 1.72. The Bertz CT molecular complexity index is 1730. The van der Waals surface area contributed by atoms with Gasteiger partial charge in [0.05, 0.1) is 21.8 Å². The molecule has 2 atom stereocenters. The lowest BCUT2D eigenvalue weighted by molar-refractivity contribution is -0.274. The maximum atomic E-state index is 15.0. The van der Waals surface area contributed by atoms with Crippen LogP contribution < -0.4 is 14.8 Å². The number of carbonyl (C=O) groups excluding carboxylic acids is 2. The maximum absolute atomic E-state index is 15.0. The molecule has 2 unspecified atom stereocenters. The first kappa shape index (κ1) is 34.6. The standard InChI is InChI=1S/C34H36F4N4O6S/c35-29-21-41(20-22-1-4-26(5-2-22)48-34(36,37)38)16-15-30(29)40-32(43)23-3-12-31(39-19-23)33(44)42-17-13-25(14-18-42)47-24-6-8-27(9-7-24)49(45,46)28-10-11-28/h1-9,12,19,25,28-30H,10-11,13-18,20-21H2,(H,40,43). The zero-order chi connectivity index (χ0) is 34.8. The first-order valence-corrected chi connectivity index (χ1v) is 17.7. The van der Waals surface area contributed by atoms with Gasteiger partial charge in [0.1, 0.15) is 29.5 Å². The van der Waals surface area contributed by atoms with Crippen molar-refractivity contribution in [2.24, 2.45) is 0 Å². The van der Waals surface area contributed by atoms with Crippen LogP contribution in [-0.2, 0) is 16.4 Å². The molecule has 49 heavy (non-hydrogen) atoms. The minimum Gasteiger partial charge on any atom is -0.490 e. The Morgan fingerprint density at radius 2 is 1.55 bits per heavy atom. The topological polar surface area (TPSA) is 118 Å². The van der Waals surface area contributed by atoms with Crippen LogP contribution >= 0.6 is 0 Å². The van der Waals surface area contributed by atoms with E-state index in [2.05, 4.69) is 15.0 Å². The highest BCUT2D eigenvalue weighted by molar-refractivity contribution is 7.92. The number of carbonyl (C=O) groups is 2. The SMILES string of the molecule is O=C(NC1CCN(Cc2ccc(OC(F)(F)F)cc2)CC1F)c1ccc(C(=O)N2CCC(Oc3ccc(S(=O)(=O)C4CC4)cc3)CC2)nc1. The molecule has 3 aliphatic rings. The van der Waals surface area contributed by atoms with E-state index in [0.717, 1.165) is 0 Å². The van der Waals surface area contributed by atoms with Gasteiger partial charge in [-0.25, -0.2) is 12.8 Å². The molecule has 1 N–H and O–H groups in total. The quantitative estimate of drug-likeness (QED) is 0.295. The summed E-state index contributed by atoms with van der Waals surface area (Å²) in [6.07, 6.45) is -2.07. The van der Waals surface area contributed by atoms with Crippen molar-refractivity contribution in [3.8, 4) is 11.5 Å². The molecule has 3 heterocycles. The fourth-order valence-corrected chi connectivity index (χ4v) is 7.70. The molecule has 10 nitrogen and oxygen atoms in total. The second-order valence-electron chi connectivity index (χ2n) is 12.6. The molecule has 262 valence electrons. The molecule has 0 spiro atoms. The summed E-state index contributed by atoms with van der Waals surface area (Å²) >= 11 is 0. The number of pyridine rings is 1. The first-order chi connectivity index (χ1) is 23.3. The van der Waals surface area contributed by atoms with Crippen molar-refractivity contribution >= 4 is 21.7 Å². The predicted molar refractivity (Wildman–Crippen MR) is 170 cm³/mol. The van der Waals surface area contributed by atoms with E-state index in [4.69, 9.17) is 4.74 Å². The number of aromatic nitrogens is 1. The minimum atomic E-state index is -4.78. The van der Waals surface area contributed by atoms with Crippen molar-refractivity contribution in [3.05, 3.63) is 83.7 Å². The second-order valence-corrected chi connectivity index (χ2v) is 14.8. The van der Waals surface area contributed by atoms with E-state index in [9.17, 15) is 31.2 Å². The van der Waals surface area contributed by atoms with Gasteiger partial charge in [0.25, 0.3) is 11.8 Å². The zero-order valence-corrected chi connectivity index (χ0v) is 27.3. The van der Waals surface area contributed by atoms with Crippen LogP contribution in [0.5, 0.6) is 11.5 Å². The molecule has 2 aromatic carbocycles. The summed E-state index contributed by atoms with van der Waals surface area (Å²) in [5, 5.41) is 2.44. The third-order valence-corrected chi connectivity index (χ3v) is 11.2. The number of benzene rings is 2. The number of rotatable bonds is 10. The molecule has 1 aromatic heterocycles. The molecule has 3 aromatic rings. The number of hydrogen-bond donors (Lipinski definition) is 1. The molecule has 2 amide bonds. The number of sulfone groups is 1. The van der Waals surface area contributed by atoms with E-state index < -0.39 is 34.3 Å². The van der Waals surface area contributed by atoms with Gasteiger partial charge < -0.3 is 19.7 Å². The van der Waals surface area contributed by atoms with Gasteiger partial charge in [-0.1, -0.05) is 12.1 Å². The average Bonchev–Trinajstić information content (AvgIpc) is 3.94. The Balaban J connectivity index is 0.933. The van der Waals surface area contributed by atoms with Gasteiger partial charge >= 0.3 is 6.36 Å². The lowest BCUT2D eigenvalue weighted by Gasteiger charge is -2.35. The molecule has 6 rings (SSSR count). The van der Waals surface area contributed by atoms with Crippen molar-refractivity contribution in [1.29, 1.82) is 0 Å². The molecule has 1 saturated carbocycles. The number of piperidine rings is 2. The molecule has 0 bridgehead atoms. The summed E-state index contributed by atoms with van der Waals surface area (Å²) in [5.74, 6) is -0.543. The van der Waals surface area contributed by atoms with Gasteiger partial charge in [0.15, 0.2) is 9.84 Å². The van der Waals surface area contributed by atoms with E-state index in [0.29, 0.717) is 74.5 Å². The van der Waals surface area contributed by atoms with Crippen molar-refractivity contribution in [3.63, 3.8) is 0 Å². The molecule has 3 fully saturated rings. The van der Waals surface area contributed by atoms with Crippen molar-refractivity contribution in [1.82, 2.24) is 20.1 Å². The van der Waals surface area contributed by atoms with E-state index in [1.165, 1.54) is 42.6 Å². The van der Waals surface area contributed by atoms with E-state index >= 15 is 4.39 Å². The Labute approximate surface area is 281 Å². The third kappa shape index (κ3) is 8.87. The van der Waals surface area contributed by atoms with Crippen LogP contribution in [0.2, 0.25) is 0 Å². The van der Waals surface area contributed by atoms with Crippen molar-refractivity contribution in [2.45, 2.75) is 73.5 Å². The number of alkyl halides is 4. The molecular weight excluding hydrogens is 668 g/mol. The van der Waals surface area contributed by atoms with E-state index in [1.54, 1.807) is 29.2 Å². The van der Waals surface area contributed by atoms with Crippen LogP contribution in [0, 0.1) is 0 Å². The van der Waals surface area contributed by atoms with Gasteiger partial charge in [0.2, 0.25) is 0 Å². The molecule has 2 saturated heterocycles. The highest BCUT2D eigenvalue weighted by Crippen LogP contribution is 2.34. The Morgan fingerprint density at radius 3 is 2.14 bits per heavy atom. The largest absolute Gasteiger partial charge is 0.573 e. The fourth-order valence-electron chi connectivity index (χ4n) is 6.04. The average molecular weight is 705 g/mol. The van der Waals surface area contributed by atoms with Crippen LogP contribution in [0.25, 0.3) is 0 Å². The highest BCUT2D eigenvalue weighted by Gasteiger charge is 2.37. The van der Waals surface area contributed by atoms with Crippen molar-refractivity contribution in [2.75, 3.05) is 26.2 Å². The molecule has 1 aliphatic carbocycles. The number of nitrogens with one attached hydrogen (secondary N) is 1. The van der Waals surface area contributed by atoms with Crippen LogP contribution in [0.1, 0.15) is 58.5 Å². The number of ether oxygens (including phenoxy) is 2. The first-order valence-electron chi connectivity index (χ1n) is 16.1. The lowest BCUT2D eigenvalue weighted by atomic mass is 10.0. The normalized spacial score (nSPS) is 20.9. The summed E-state index contributed by atoms with van der Waals surface area (Å²) in [6, 6.07) is 14.1. The third-order valence-electron chi connectivity index (χ3n) is 8.90. The minimum absolute atomic E-state index is 0.0379. The Morgan fingerprint density at radius 1 is 0.878 bits per heavy atom. The van der Waals surface area contributed by atoms with Gasteiger partial charge in [-0.2, -0.15) is 0 Å². The fraction of sp³-hybridized carbons (Fsp3) is 0.441. The number of nitrogens with zero attached hydrogens (tertiary/aromatic N) is 3. The predicted octanol–water partition coefficient (Wildman–Crippen LogP) is 4.94. The number of amides is 2. The molecule has 15 heteroatoms. The van der Waals surface area contributed by atoms with Gasteiger partial charge in [-0.15, -0.1) is 13.2 Å². The van der Waals surface area contributed by atoms with E-state index in [-0.39, 0.29) is 40.8 Å². The van der Waals surface area contributed by atoms with Gasteiger partial charge in [-0.3, -0.25) is 19.5 Å². The lowest BCUT2D eigenvalue weighted by Crippen LogP contribution is -2.52. The maximum Gasteiger partial charge on any atom is 0.573 e. The number of halogens is 4. The Hall–Kier alpha value is -4.24. The smallest absolute Gasteiger partial charge is 0.490 e. The molecular formula is C34H36F4N4O6S. The number of hydrogen-bond acceptors (Lipinski definition) is 8. The van der Waals surface area contributed by atoms with Crippen LogP contribution in [0.4, 0.5) is 17.6 Å². The number of likely N-dealkylation sites (tertiary alicyclic amines) is 2. The van der Waals surface area contributed by atoms with Gasteiger partial charge in [-0.05, 0) is 73.4 Å². The van der Waals surface area contributed by atoms with E-state index in [1.807, 2.05) is 4.90 Å². The summed E-state index contributed by atoms with van der Waals surface area (Å²) in [4.78, 5) is 34.0. The van der Waals surface area contributed by atoms with Crippen molar-refractivity contribution < 1.29 is 45.0 Å².